The second-order valence-electron chi connectivity index (χ2n) is 8.14. The molecular weight excluding hydrogens is 584 g/mol. The molecule has 41 heavy (non-hydrogen) atoms. The molecule has 0 aliphatic heterocycles. The highest BCUT2D eigenvalue weighted by molar-refractivity contribution is 7.99. The van der Waals surface area contributed by atoms with Crippen molar-refractivity contribution in [3.8, 4) is 0 Å². The molecule has 222 valence electrons. The van der Waals surface area contributed by atoms with Gasteiger partial charge in [-0.05, 0) is 36.3 Å². The topological polar surface area (TPSA) is 154 Å². The van der Waals surface area contributed by atoms with Crippen LogP contribution in [0.15, 0.2) is 48.9 Å². The largest absolute Gasteiger partial charge is 0.490 e. The molecule has 0 bridgehead atoms. The summed E-state index contributed by atoms with van der Waals surface area (Å²) in [6.07, 6.45) is -4.84. The van der Waals surface area contributed by atoms with E-state index in [9.17, 15) is 40.7 Å². The molecule has 2 aromatic heterocycles. The zero-order valence-corrected chi connectivity index (χ0v) is 21.7. The summed E-state index contributed by atoms with van der Waals surface area (Å²) in [5.74, 6) is -6.28. The van der Waals surface area contributed by atoms with Gasteiger partial charge in [0.1, 0.15) is 0 Å². The molecule has 0 radical (unpaired) electrons. The Labute approximate surface area is 232 Å². The number of ketones is 1. The maximum absolute atomic E-state index is 12.7. The predicted octanol–water partition coefficient (Wildman–Crippen LogP) is 3.65. The lowest BCUT2D eigenvalue weighted by Crippen LogP contribution is -2.46. The molecule has 2 amide bonds. The average Bonchev–Trinajstić information content (AvgIpc) is 3.44. The van der Waals surface area contributed by atoms with Crippen molar-refractivity contribution in [1.82, 2.24) is 25.6 Å². The second-order valence-corrected chi connectivity index (χ2v) is 9.25. The number of benzene rings is 1. The molecule has 1 atom stereocenters. The summed E-state index contributed by atoms with van der Waals surface area (Å²) >= 11 is 0.849. The van der Waals surface area contributed by atoms with Crippen LogP contribution in [0.25, 0.3) is 10.9 Å². The number of pyridine rings is 1. The molecule has 17 heteroatoms. The van der Waals surface area contributed by atoms with Crippen molar-refractivity contribution < 1.29 is 50.6 Å². The molecule has 0 fully saturated rings. The summed E-state index contributed by atoms with van der Waals surface area (Å²) in [5.41, 5.74) is 1.65. The zero-order chi connectivity index (χ0) is 30.6. The highest BCUT2D eigenvalue weighted by Gasteiger charge is 2.38. The van der Waals surface area contributed by atoms with Crippen molar-refractivity contribution in [3.63, 3.8) is 0 Å². The van der Waals surface area contributed by atoms with Crippen molar-refractivity contribution in [1.29, 1.82) is 0 Å². The van der Waals surface area contributed by atoms with Crippen LogP contribution in [-0.4, -0.2) is 73.5 Å². The lowest BCUT2D eigenvalue weighted by Gasteiger charge is -2.18. The van der Waals surface area contributed by atoms with Gasteiger partial charge in [-0.1, -0.05) is 18.2 Å². The third kappa shape index (κ3) is 11.6. The van der Waals surface area contributed by atoms with E-state index in [-0.39, 0.29) is 24.5 Å². The van der Waals surface area contributed by atoms with Gasteiger partial charge >= 0.3 is 18.3 Å². The van der Waals surface area contributed by atoms with Crippen LogP contribution >= 0.6 is 11.8 Å². The number of imide groups is 1. The minimum absolute atomic E-state index is 0.0213. The number of carbonyl (C=O) groups is 4. The molecule has 3 aromatic rings. The van der Waals surface area contributed by atoms with Gasteiger partial charge in [0.05, 0.1) is 17.3 Å². The fourth-order valence-corrected chi connectivity index (χ4v) is 3.93. The minimum Gasteiger partial charge on any atom is -0.475 e. The summed E-state index contributed by atoms with van der Waals surface area (Å²) in [4.78, 5) is 55.6. The van der Waals surface area contributed by atoms with E-state index in [2.05, 4.69) is 25.6 Å². The number of para-hydroxylation sites is 1. The lowest BCUT2D eigenvalue weighted by atomic mass is 10.1. The number of hydrogen-bond acceptors (Lipinski definition) is 8. The van der Waals surface area contributed by atoms with E-state index >= 15 is 0 Å². The van der Waals surface area contributed by atoms with E-state index in [1.54, 1.807) is 6.20 Å². The molecule has 0 saturated carbocycles. The van der Waals surface area contributed by atoms with Gasteiger partial charge in [-0.3, -0.25) is 24.7 Å². The van der Waals surface area contributed by atoms with E-state index < -0.39 is 47.7 Å². The van der Waals surface area contributed by atoms with Crippen LogP contribution in [0.4, 0.5) is 26.3 Å². The summed E-state index contributed by atoms with van der Waals surface area (Å²) in [7, 11) is 0. The van der Waals surface area contributed by atoms with E-state index in [0.29, 0.717) is 6.42 Å². The Kier molecular flexibility index (Phi) is 12.3. The number of Topliss-reactive ketones (excluding diaryl/α,β-unsaturated/α-hetero) is 1. The normalized spacial score (nSPS) is 12.2. The third-order valence-corrected chi connectivity index (χ3v) is 6.08. The molecule has 4 N–H and O–H groups in total. The Balaban J connectivity index is 0.000000745. The first-order chi connectivity index (χ1) is 19.2. The van der Waals surface area contributed by atoms with Gasteiger partial charge in [0.25, 0.3) is 5.91 Å². The first kappa shape index (κ1) is 33.2. The summed E-state index contributed by atoms with van der Waals surface area (Å²) in [6, 6.07) is 8.69. The highest BCUT2D eigenvalue weighted by Crippen LogP contribution is 2.19. The van der Waals surface area contributed by atoms with E-state index in [4.69, 9.17) is 9.90 Å². The number of rotatable bonds is 11. The number of hydrogen-bond donors (Lipinski definition) is 4. The molecule has 0 aliphatic carbocycles. The fourth-order valence-electron chi connectivity index (χ4n) is 3.06. The Morgan fingerprint density at radius 1 is 1.02 bits per heavy atom. The molecular formula is C24H23F6N5O5S. The number of aromatic amines is 1. The van der Waals surface area contributed by atoms with Crippen molar-refractivity contribution in [3.05, 3.63) is 60.3 Å². The number of imidazole rings is 1. The molecule has 10 nitrogen and oxygen atoms in total. The van der Waals surface area contributed by atoms with Crippen LogP contribution in [0.1, 0.15) is 29.0 Å². The summed E-state index contributed by atoms with van der Waals surface area (Å²) < 4.78 is 68.7. The Morgan fingerprint density at radius 2 is 1.71 bits per heavy atom. The third-order valence-electron chi connectivity index (χ3n) is 5.04. The average molecular weight is 608 g/mol. The SMILES string of the molecule is O=C(NC(=O)[C@H](CCCSCC(=O)C(F)(F)F)NCc1cnc2ccccc2c1)c1ncc[nH]1.O=C(O)C(F)(F)F. The Hall–Kier alpha value is -3.99. The number of carboxylic acid groups (broad SMARTS) is 1. The second kappa shape index (κ2) is 15.1. The number of aromatic nitrogens is 3. The summed E-state index contributed by atoms with van der Waals surface area (Å²) in [6.45, 7) is 0.282. The molecule has 0 spiro atoms. The van der Waals surface area contributed by atoms with Crippen LogP contribution < -0.4 is 10.6 Å². The predicted molar refractivity (Wildman–Crippen MR) is 135 cm³/mol. The van der Waals surface area contributed by atoms with Crippen molar-refractivity contribution in [2.24, 2.45) is 0 Å². The van der Waals surface area contributed by atoms with Gasteiger partial charge in [0.15, 0.2) is 5.82 Å². The maximum atomic E-state index is 12.7. The quantitative estimate of drug-likeness (QED) is 0.189. The van der Waals surface area contributed by atoms with Gasteiger partial charge in [-0.2, -0.15) is 38.1 Å². The molecule has 3 rings (SSSR count). The molecule has 2 heterocycles. The van der Waals surface area contributed by atoms with E-state index in [1.165, 1.54) is 12.4 Å². The first-order valence-corrected chi connectivity index (χ1v) is 12.7. The fraction of sp³-hybridized carbons (Fsp3) is 0.333. The number of H-pyrrole nitrogens is 1. The number of halogens is 6. The first-order valence-electron chi connectivity index (χ1n) is 11.6. The van der Waals surface area contributed by atoms with Gasteiger partial charge in [0, 0.05) is 30.5 Å². The smallest absolute Gasteiger partial charge is 0.475 e. The number of alkyl halides is 6. The van der Waals surface area contributed by atoms with Gasteiger partial charge < -0.3 is 15.4 Å². The van der Waals surface area contributed by atoms with Crippen LogP contribution in [-0.2, 0) is 20.9 Å². The van der Waals surface area contributed by atoms with Crippen molar-refractivity contribution in [2.75, 3.05) is 11.5 Å². The van der Waals surface area contributed by atoms with Crippen molar-refractivity contribution >= 4 is 46.2 Å². The number of aliphatic carboxylic acids is 1. The molecule has 0 unspecified atom stereocenters. The molecule has 0 saturated heterocycles. The summed E-state index contributed by atoms with van der Waals surface area (Å²) in [5, 5.41) is 13.4. The standard InChI is InChI=1S/C22H22F3N5O3S.C2HF3O2/c23-22(24,25)18(31)13-34-9-3-6-17(20(32)30-21(33)19-26-7-8-27-19)29-12-14-10-15-4-1-2-5-16(15)28-11-14;3-2(4,5)1(6)7/h1-2,4-5,7-8,10-11,17,29H,3,6,9,12-13H2,(H,26,27)(H,30,32,33);(H,6,7)/t17-;/m0./s1. The van der Waals surface area contributed by atoms with Crippen molar-refractivity contribution in [2.45, 2.75) is 37.8 Å². The Bertz CT molecular complexity index is 1330. The minimum atomic E-state index is -5.08. The highest BCUT2D eigenvalue weighted by atomic mass is 32.2. The van der Waals surface area contributed by atoms with E-state index in [1.807, 2.05) is 30.3 Å². The van der Waals surface area contributed by atoms with Crippen LogP contribution in [0, 0.1) is 0 Å². The number of nitrogens with zero attached hydrogens (tertiary/aromatic N) is 2. The monoisotopic (exact) mass is 607 g/mol. The number of fused-ring (bicyclic) bond motifs is 1. The number of nitrogens with one attached hydrogen (secondary N) is 3. The lowest BCUT2D eigenvalue weighted by molar-refractivity contribution is -0.192. The zero-order valence-electron chi connectivity index (χ0n) is 20.9. The van der Waals surface area contributed by atoms with Crippen LogP contribution in [0.2, 0.25) is 0 Å². The number of carbonyl (C=O) groups excluding carboxylic acids is 3. The van der Waals surface area contributed by atoms with Crippen LogP contribution in [0.3, 0.4) is 0 Å². The van der Waals surface area contributed by atoms with E-state index in [0.717, 1.165) is 28.2 Å². The number of carboxylic acids is 1. The Morgan fingerprint density at radius 3 is 2.32 bits per heavy atom. The molecule has 0 aliphatic rings. The van der Waals surface area contributed by atoms with Crippen LogP contribution in [0.5, 0.6) is 0 Å². The van der Waals surface area contributed by atoms with Gasteiger partial charge in [0.2, 0.25) is 11.7 Å². The number of amides is 2. The maximum Gasteiger partial charge on any atom is 0.490 e. The van der Waals surface area contributed by atoms with Gasteiger partial charge in [-0.15, -0.1) is 0 Å². The van der Waals surface area contributed by atoms with Gasteiger partial charge in [-0.25, -0.2) is 9.78 Å². The molecule has 1 aromatic carbocycles. The number of thioether (sulfide) groups is 1.